The van der Waals surface area contributed by atoms with E-state index in [0.29, 0.717) is 11.8 Å². The van der Waals surface area contributed by atoms with Crippen LogP contribution in [0, 0.1) is 6.92 Å². The number of aryl methyl sites for hydroxylation is 1. The molecule has 0 spiro atoms. The molecule has 0 saturated heterocycles. The molecule has 0 aliphatic rings. The molecule has 0 saturated carbocycles. The van der Waals surface area contributed by atoms with Crippen molar-refractivity contribution in [2.75, 3.05) is 5.73 Å². The van der Waals surface area contributed by atoms with E-state index < -0.39 is 0 Å². The van der Waals surface area contributed by atoms with Crippen LogP contribution in [0.3, 0.4) is 0 Å². The van der Waals surface area contributed by atoms with Gasteiger partial charge in [-0.25, -0.2) is 0 Å². The first-order valence-electron chi connectivity index (χ1n) is 6.18. The van der Waals surface area contributed by atoms with Gasteiger partial charge in [-0.05, 0) is 30.7 Å². The Morgan fingerprint density at radius 1 is 1.26 bits per heavy atom. The van der Waals surface area contributed by atoms with Gasteiger partial charge >= 0.3 is 0 Å². The highest BCUT2D eigenvalue weighted by atomic mass is 16.5. The van der Waals surface area contributed by atoms with Crippen molar-refractivity contribution in [3.05, 3.63) is 35.5 Å². The molecule has 19 heavy (non-hydrogen) atoms. The lowest BCUT2D eigenvalue weighted by Crippen LogP contribution is -2.11. The van der Waals surface area contributed by atoms with E-state index >= 15 is 0 Å². The molecule has 1 heterocycles. The third kappa shape index (κ3) is 3.24. The molecule has 2 aromatic rings. The van der Waals surface area contributed by atoms with Crippen LogP contribution in [-0.2, 0) is 12.0 Å². The van der Waals surface area contributed by atoms with Crippen molar-refractivity contribution in [1.29, 1.82) is 0 Å². The second-order valence-electron chi connectivity index (χ2n) is 5.56. The minimum Gasteiger partial charge on any atom is -0.484 e. The molecule has 0 fully saturated rings. The molecule has 0 radical (unpaired) electrons. The van der Waals surface area contributed by atoms with E-state index in [1.165, 1.54) is 0 Å². The van der Waals surface area contributed by atoms with E-state index in [1.54, 1.807) is 6.07 Å². The first-order valence-corrected chi connectivity index (χ1v) is 6.18. The van der Waals surface area contributed by atoms with Gasteiger partial charge in [0.15, 0.2) is 6.61 Å². The fraction of sp³-hybridized carbons (Fsp3) is 0.429. The Kier molecular flexibility index (Phi) is 3.46. The van der Waals surface area contributed by atoms with Gasteiger partial charge in [0.25, 0.3) is 5.89 Å². The van der Waals surface area contributed by atoms with Crippen molar-refractivity contribution in [2.45, 2.75) is 39.7 Å². The molecule has 0 atom stereocenters. The molecule has 0 aliphatic carbocycles. The predicted molar refractivity (Wildman–Crippen MR) is 72.9 cm³/mol. The Bertz CT molecular complexity index is 570. The van der Waals surface area contributed by atoms with E-state index in [0.717, 1.165) is 17.0 Å². The minimum absolute atomic E-state index is 0.150. The third-order valence-electron chi connectivity index (χ3n) is 2.66. The lowest BCUT2D eigenvalue weighted by atomic mass is 9.97. The molecule has 5 heteroatoms. The van der Waals surface area contributed by atoms with E-state index in [4.69, 9.17) is 14.9 Å². The first kappa shape index (κ1) is 13.4. The van der Waals surface area contributed by atoms with Gasteiger partial charge < -0.3 is 14.9 Å². The van der Waals surface area contributed by atoms with Crippen LogP contribution in [0.5, 0.6) is 5.75 Å². The highest BCUT2D eigenvalue weighted by Gasteiger charge is 2.21. The SMILES string of the molecule is Cc1cc(N)ccc1OCc1nnc(C(C)(C)C)o1. The lowest BCUT2D eigenvalue weighted by Gasteiger charge is -2.11. The van der Waals surface area contributed by atoms with Gasteiger partial charge in [0.05, 0.1) is 0 Å². The maximum absolute atomic E-state index is 5.69. The molecule has 0 bridgehead atoms. The van der Waals surface area contributed by atoms with E-state index in [2.05, 4.69) is 10.2 Å². The summed E-state index contributed by atoms with van der Waals surface area (Å²) in [5, 5.41) is 8.00. The Hall–Kier alpha value is -2.04. The quantitative estimate of drug-likeness (QED) is 0.860. The van der Waals surface area contributed by atoms with Crippen molar-refractivity contribution in [1.82, 2.24) is 10.2 Å². The summed E-state index contributed by atoms with van der Waals surface area (Å²) in [4.78, 5) is 0. The number of nitrogens with zero attached hydrogens (tertiary/aromatic N) is 2. The number of anilines is 1. The summed E-state index contributed by atoms with van der Waals surface area (Å²) >= 11 is 0. The van der Waals surface area contributed by atoms with Crippen LogP contribution < -0.4 is 10.5 Å². The summed E-state index contributed by atoms with van der Waals surface area (Å²) in [7, 11) is 0. The van der Waals surface area contributed by atoms with Crippen molar-refractivity contribution in [3.63, 3.8) is 0 Å². The Balaban J connectivity index is 2.04. The van der Waals surface area contributed by atoms with Gasteiger partial charge in [0, 0.05) is 11.1 Å². The van der Waals surface area contributed by atoms with Crippen LogP contribution >= 0.6 is 0 Å². The maximum Gasteiger partial charge on any atom is 0.253 e. The van der Waals surface area contributed by atoms with Crippen molar-refractivity contribution < 1.29 is 9.15 Å². The maximum atomic E-state index is 5.69. The normalized spacial score (nSPS) is 11.6. The van der Waals surface area contributed by atoms with E-state index in [-0.39, 0.29) is 12.0 Å². The molecule has 1 aromatic heterocycles. The molecule has 2 N–H and O–H groups in total. The summed E-state index contributed by atoms with van der Waals surface area (Å²) in [6.07, 6.45) is 0. The molecule has 0 aliphatic heterocycles. The smallest absolute Gasteiger partial charge is 0.253 e. The number of nitrogens with two attached hydrogens (primary N) is 1. The van der Waals surface area contributed by atoms with Crippen LogP contribution in [0.2, 0.25) is 0 Å². The fourth-order valence-corrected chi connectivity index (χ4v) is 1.59. The number of hydrogen-bond donors (Lipinski definition) is 1. The minimum atomic E-state index is -0.150. The summed E-state index contributed by atoms with van der Waals surface area (Å²) in [5.41, 5.74) is 7.24. The van der Waals surface area contributed by atoms with Crippen LogP contribution in [0.4, 0.5) is 5.69 Å². The summed E-state index contributed by atoms with van der Waals surface area (Å²) < 4.78 is 11.2. The fourth-order valence-electron chi connectivity index (χ4n) is 1.59. The van der Waals surface area contributed by atoms with Crippen molar-refractivity contribution >= 4 is 5.69 Å². The monoisotopic (exact) mass is 261 g/mol. The third-order valence-corrected chi connectivity index (χ3v) is 2.66. The number of rotatable bonds is 3. The first-order chi connectivity index (χ1) is 8.86. The molecule has 5 nitrogen and oxygen atoms in total. The van der Waals surface area contributed by atoms with Gasteiger partial charge in [0.2, 0.25) is 5.89 Å². The highest BCUT2D eigenvalue weighted by molar-refractivity contribution is 5.47. The largest absolute Gasteiger partial charge is 0.484 e. The standard InChI is InChI=1S/C14H19N3O2/c1-9-7-10(15)5-6-11(9)18-8-12-16-17-13(19-12)14(2,3)4/h5-7H,8,15H2,1-4H3. The van der Waals surface area contributed by atoms with Gasteiger partial charge in [0.1, 0.15) is 5.75 Å². The Morgan fingerprint density at radius 2 is 2.00 bits per heavy atom. The van der Waals surface area contributed by atoms with Gasteiger partial charge in [-0.2, -0.15) is 0 Å². The Morgan fingerprint density at radius 3 is 2.58 bits per heavy atom. The summed E-state index contributed by atoms with van der Waals surface area (Å²) in [6, 6.07) is 5.51. The molecular formula is C14H19N3O2. The predicted octanol–water partition coefficient (Wildman–Crippen LogP) is 2.84. The van der Waals surface area contributed by atoms with E-state index in [9.17, 15) is 0 Å². The second kappa shape index (κ2) is 4.91. The zero-order chi connectivity index (χ0) is 14.0. The zero-order valence-corrected chi connectivity index (χ0v) is 11.7. The molecule has 0 unspecified atom stereocenters. The van der Waals surface area contributed by atoms with Crippen LogP contribution in [0.15, 0.2) is 22.6 Å². The van der Waals surface area contributed by atoms with Crippen LogP contribution in [-0.4, -0.2) is 10.2 Å². The highest BCUT2D eigenvalue weighted by Crippen LogP contribution is 2.23. The molecule has 2 rings (SSSR count). The molecule has 0 amide bonds. The average Bonchev–Trinajstić information content (AvgIpc) is 2.76. The average molecular weight is 261 g/mol. The zero-order valence-electron chi connectivity index (χ0n) is 11.7. The number of benzene rings is 1. The second-order valence-corrected chi connectivity index (χ2v) is 5.56. The van der Waals surface area contributed by atoms with Gasteiger partial charge in [-0.3, -0.25) is 0 Å². The Labute approximate surface area is 112 Å². The topological polar surface area (TPSA) is 74.2 Å². The van der Waals surface area contributed by atoms with Gasteiger partial charge in [-0.1, -0.05) is 20.8 Å². The summed E-state index contributed by atoms with van der Waals surface area (Å²) in [6.45, 7) is 8.27. The molecule has 1 aromatic carbocycles. The summed E-state index contributed by atoms with van der Waals surface area (Å²) in [5.74, 6) is 1.85. The number of nitrogen functional groups attached to an aromatic ring is 1. The molecular weight excluding hydrogens is 242 g/mol. The van der Waals surface area contributed by atoms with E-state index in [1.807, 2.05) is 39.8 Å². The number of ether oxygens (including phenoxy) is 1. The van der Waals surface area contributed by atoms with Gasteiger partial charge in [-0.15, -0.1) is 10.2 Å². The van der Waals surface area contributed by atoms with Crippen molar-refractivity contribution in [3.8, 4) is 5.75 Å². The lowest BCUT2D eigenvalue weighted by molar-refractivity contribution is 0.250. The van der Waals surface area contributed by atoms with Crippen LogP contribution in [0.1, 0.15) is 38.1 Å². The number of hydrogen-bond acceptors (Lipinski definition) is 5. The molecule has 102 valence electrons. The van der Waals surface area contributed by atoms with Crippen molar-refractivity contribution in [2.24, 2.45) is 0 Å². The van der Waals surface area contributed by atoms with Crippen LogP contribution in [0.25, 0.3) is 0 Å². The number of aromatic nitrogens is 2.